The van der Waals surface area contributed by atoms with Gasteiger partial charge in [-0.3, -0.25) is 5.41 Å². The van der Waals surface area contributed by atoms with Crippen LogP contribution in [0.15, 0.2) is 60.7 Å². The minimum absolute atomic E-state index is 0.167. The summed E-state index contributed by atoms with van der Waals surface area (Å²) in [5.74, 6) is -3.49. The highest BCUT2D eigenvalue weighted by molar-refractivity contribution is 6.76. The van der Waals surface area contributed by atoms with Gasteiger partial charge in [-0.25, -0.2) is 14.4 Å². The number of esters is 3. The second-order valence-electron chi connectivity index (χ2n) is 7.57. The number of methoxy groups -OCH3 is 2. The summed E-state index contributed by atoms with van der Waals surface area (Å²) < 4.78 is 30.2. The molecule has 198 valence electrons. The highest BCUT2D eigenvalue weighted by atomic mass is 35.6. The quantitative estimate of drug-likeness (QED) is 0.173. The zero-order chi connectivity index (χ0) is 27.2. The molecule has 0 bridgehead atoms. The summed E-state index contributed by atoms with van der Waals surface area (Å²) in [5.41, 5.74) is 0.343. The van der Waals surface area contributed by atoms with E-state index >= 15 is 0 Å². The number of carbonyl (C=O) groups excluding carboxylic acids is 3. The van der Waals surface area contributed by atoms with Crippen LogP contribution in [-0.4, -0.2) is 72.5 Å². The topological polar surface area (TPSA) is 130 Å². The minimum Gasteiger partial charge on any atom is -0.467 e. The van der Waals surface area contributed by atoms with Crippen molar-refractivity contribution in [1.29, 1.82) is 5.41 Å². The minimum atomic E-state index is -2.31. The van der Waals surface area contributed by atoms with Gasteiger partial charge in [0.1, 0.15) is 6.10 Å². The molecule has 37 heavy (non-hydrogen) atoms. The SMILES string of the molecule is COC(=O)[C@H]1O[C@H](OC(=N)C(Cl)(Cl)Cl)[C@H](OC(=O)c2ccccc2)[C@@H](OC)[C@@H]1OC(=O)c1ccccc1. The van der Waals surface area contributed by atoms with E-state index in [0.29, 0.717) is 0 Å². The fraction of sp³-hybridized carbons (Fsp3) is 0.333. The molecular weight excluding hydrogens is 553 g/mol. The largest absolute Gasteiger partial charge is 0.467 e. The van der Waals surface area contributed by atoms with Gasteiger partial charge in [0, 0.05) is 7.11 Å². The highest BCUT2D eigenvalue weighted by Crippen LogP contribution is 2.34. The Balaban J connectivity index is 1.99. The first-order valence-electron chi connectivity index (χ1n) is 10.7. The third-order valence-electron chi connectivity index (χ3n) is 5.20. The van der Waals surface area contributed by atoms with Crippen LogP contribution in [0.25, 0.3) is 0 Å². The molecule has 0 unspecified atom stereocenters. The molecule has 13 heteroatoms. The van der Waals surface area contributed by atoms with Gasteiger partial charge in [-0.05, 0) is 24.3 Å². The fourth-order valence-electron chi connectivity index (χ4n) is 3.45. The van der Waals surface area contributed by atoms with E-state index in [4.69, 9.17) is 68.6 Å². The lowest BCUT2D eigenvalue weighted by atomic mass is 9.97. The molecule has 1 saturated heterocycles. The van der Waals surface area contributed by atoms with Crippen molar-refractivity contribution < 1.29 is 42.8 Å². The Morgan fingerprint density at radius 2 is 1.27 bits per heavy atom. The number of hydrogen-bond donors (Lipinski definition) is 1. The average Bonchev–Trinajstić information content (AvgIpc) is 2.89. The van der Waals surface area contributed by atoms with Crippen LogP contribution in [0.1, 0.15) is 20.7 Å². The van der Waals surface area contributed by atoms with Gasteiger partial charge < -0.3 is 28.4 Å². The first-order valence-corrected chi connectivity index (χ1v) is 11.8. The zero-order valence-electron chi connectivity index (χ0n) is 19.5. The second-order valence-corrected chi connectivity index (χ2v) is 9.85. The molecule has 1 aliphatic rings. The average molecular weight is 575 g/mol. The maximum atomic E-state index is 12.9. The van der Waals surface area contributed by atoms with Crippen LogP contribution in [0.2, 0.25) is 0 Å². The molecule has 2 aromatic rings. The summed E-state index contributed by atoms with van der Waals surface area (Å²) in [7, 11) is 2.32. The molecular formula is C24H22Cl3NO9. The first kappa shape index (κ1) is 28.7. The van der Waals surface area contributed by atoms with Crippen LogP contribution < -0.4 is 0 Å². The Labute approximate surface area is 227 Å². The number of ether oxygens (including phenoxy) is 6. The van der Waals surface area contributed by atoms with Gasteiger partial charge in [0.25, 0.3) is 3.79 Å². The molecule has 0 aliphatic carbocycles. The van der Waals surface area contributed by atoms with Crippen molar-refractivity contribution in [3.63, 3.8) is 0 Å². The van der Waals surface area contributed by atoms with Crippen molar-refractivity contribution in [3.8, 4) is 0 Å². The van der Waals surface area contributed by atoms with Crippen molar-refractivity contribution >= 4 is 58.6 Å². The van der Waals surface area contributed by atoms with Crippen molar-refractivity contribution in [1.82, 2.24) is 0 Å². The van der Waals surface area contributed by atoms with Gasteiger partial charge in [0.2, 0.25) is 12.2 Å². The van der Waals surface area contributed by atoms with E-state index in [1.54, 1.807) is 36.4 Å². The van der Waals surface area contributed by atoms with Gasteiger partial charge in [-0.2, -0.15) is 0 Å². The fourth-order valence-corrected chi connectivity index (χ4v) is 3.58. The van der Waals surface area contributed by atoms with E-state index in [1.165, 1.54) is 31.4 Å². The van der Waals surface area contributed by atoms with Crippen molar-refractivity contribution in [2.75, 3.05) is 14.2 Å². The Morgan fingerprint density at radius 1 is 0.784 bits per heavy atom. The van der Waals surface area contributed by atoms with Gasteiger partial charge in [0.15, 0.2) is 18.3 Å². The monoisotopic (exact) mass is 573 g/mol. The summed E-state index contributed by atoms with van der Waals surface area (Å²) in [6.45, 7) is 0. The predicted octanol–water partition coefficient (Wildman–Crippen LogP) is 3.71. The number of halogens is 3. The van der Waals surface area contributed by atoms with Gasteiger partial charge in [-0.15, -0.1) is 0 Å². The molecule has 1 N–H and O–H groups in total. The summed E-state index contributed by atoms with van der Waals surface area (Å²) in [6.07, 6.45) is -7.63. The standard InChI is InChI=1S/C24H22Cl3NO9/c1-32-15-16(34-19(29)13-9-5-3-6-10-13)17(21(31)33-2)36-22(37-23(28)24(25,26)27)18(15)35-20(30)14-11-7-4-8-12-14/h3-12,15-18,22,28H,1-2H3/t15-,16-,17-,18+,22+/m0/s1. The van der Waals surface area contributed by atoms with E-state index < -0.39 is 58.3 Å². The number of carbonyl (C=O) groups is 3. The molecule has 0 saturated carbocycles. The van der Waals surface area contributed by atoms with Crippen molar-refractivity contribution in [2.24, 2.45) is 0 Å². The van der Waals surface area contributed by atoms with Crippen LogP contribution in [0.4, 0.5) is 0 Å². The normalized spacial score (nSPS) is 23.4. The molecule has 1 heterocycles. The first-order chi connectivity index (χ1) is 17.6. The smallest absolute Gasteiger partial charge is 0.339 e. The van der Waals surface area contributed by atoms with E-state index in [9.17, 15) is 14.4 Å². The van der Waals surface area contributed by atoms with Crippen LogP contribution in [0.5, 0.6) is 0 Å². The molecule has 0 aromatic heterocycles. The van der Waals surface area contributed by atoms with E-state index in [0.717, 1.165) is 7.11 Å². The lowest BCUT2D eigenvalue weighted by molar-refractivity contribution is -0.278. The van der Waals surface area contributed by atoms with Gasteiger partial charge in [-0.1, -0.05) is 71.2 Å². The third-order valence-corrected chi connectivity index (χ3v) is 5.71. The molecule has 0 spiro atoms. The molecule has 0 radical (unpaired) electrons. The van der Waals surface area contributed by atoms with Crippen LogP contribution in [-0.2, 0) is 33.2 Å². The number of rotatable bonds is 7. The van der Waals surface area contributed by atoms with E-state index in [1.807, 2.05) is 0 Å². The van der Waals surface area contributed by atoms with Crippen LogP contribution >= 0.6 is 34.8 Å². The second kappa shape index (κ2) is 12.6. The molecule has 1 aliphatic heterocycles. The van der Waals surface area contributed by atoms with E-state index in [-0.39, 0.29) is 11.1 Å². The molecule has 1 fully saturated rings. The Morgan fingerprint density at radius 3 is 1.70 bits per heavy atom. The Kier molecular flexibility index (Phi) is 9.74. The summed E-state index contributed by atoms with van der Waals surface area (Å²) in [4.78, 5) is 38.4. The number of nitrogens with one attached hydrogen (secondary N) is 1. The van der Waals surface area contributed by atoms with Gasteiger partial charge >= 0.3 is 17.9 Å². The lowest BCUT2D eigenvalue weighted by Gasteiger charge is -2.43. The van der Waals surface area contributed by atoms with Crippen molar-refractivity contribution in [3.05, 3.63) is 71.8 Å². The predicted molar refractivity (Wildman–Crippen MR) is 132 cm³/mol. The summed E-state index contributed by atoms with van der Waals surface area (Å²) in [6, 6.07) is 15.9. The maximum absolute atomic E-state index is 12.9. The third kappa shape index (κ3) is 7.12. The summed E-state index contributed by atoms with van der Waals surface area (Å²) in [5, 5.41) is 7.95. The molecule has 3 rings (SSSR count). The molecule has 5 atom stereocenters. The summed E-state index contributed by atoms with van der Waals surface area (Å²) >= 11 is 17.2. The number of hydrogen-bond acceptors (Lipinski definition) is 10. The van der Waals surface area contributed by atoms with E-state index in [2.05, 4.69) is 0 Å². The van der Waals surface area contributed by atoms with Gasteiger partial charge in [0.05, 0.1) is 18.2 Å². The number of alkyl halides is 3. The molecule has 2 aromatic carbocycles. The number of benzene rings is 2. The van der Waals surface area contributed by atoms with Crippen molar-refractivity contribution in [2.45, 2.75) is 34.5 Å². The Bertz CT molecular complexity index is 1110. The van der Waals surface area contributed by atoms with Crippen LogP contribution in [0.3, 0.4) is 0 Å². The Hall–Kier alpha value is -2.89. The molecule has 10 nitrogen and oxygen atoms in total. The van der Waals surface area contributed by atoms with Crippen LogP contribution in [0, 0.1) is 5.41 Å². The molecule has 0 amide bonds. The maximum Gasteiger partial charge on any atom is 0.339 e. The highest BCUT2D eigenvalue weighted by Gasteiger charge is 2.55. The zero-order valence-corrected chi connectivity index (χ0v) is 21.7. The lowest BCUT2D eigenvalue weighted by Crippen LogP contribution is -2.64.